The Morgan fingerprint density at radius 1 is 1.27 bits per heavy atom. The Hall–Kier alpha value is -2.12. The van der Waals surface area contributed by atoms with Gasteiger partial charge in [0.05, 0.1) is 7.11 Å². The average molecular weight is 322 g/mol. The molecular formula is C15H18N2O4S. The lowest BCUT2D eigenvalue weighted by Crippen LogP contribution is -2.29. The molecule has 1 aromatic heterocycles. The fourth-order valence-corrected chi connectivity index (χ4v) is 3.29. The summed E-state index contributed by atoms with van der Waals surface area (Å²) in [4.78, 5) is 12.0. The molecule has 2 aromatic rings. The van der Waals surface area contributed by atoms with E-state index in [-0.39, 0.29) is 22.7 Å². The molecule has 0 spiro atoms. The van der Waals surface area contributed by atoms with Gasteiger partial charge in [-0.25, -0.2) is 13.1 Å². The molecule has 2 rings (SSSR count). The highest BCUT2D eigenvalue weighted by Crippen LogP contribution is 2.24. The molecule has 0 saturated carbocycles. The molecule has 22 heavy (non-hydrogen) atoms. The van der Waals surface area contributed by atoms with Crippen molar-refractivity contribution >= 4 is 10.0 Å². The van der Waals surface area contributed by atoms with Crippen LogP contribution >= 0.6 is 0 Å². The van der Waals surface area contributed by atoms with Crippen molar-refractivity contribution in [1.82, 2.24) is 9.29 Å². The van der Waals surface area contributed by atoms with E-state index in [1.54, 1.807) is 44.4 Å². The quantitative estimate of drug-likeness (QED) is 0.897. The van der Waals surface area contributed by atoms with Crippen molar-refractivity contribution in [3.05, 3.63) is 58.0 Å². The van der Waals surface area contributed by atoms with Crippen molar-refractivity contribution in [2.45, 2.75) is 18.4 Å². The van der Waals surface area contributed by atoms with Crippen molar-refractivity contribution in [3.63, 3.8) is 0 Å². The van der Waals surface area contributed by atoms with Gasteiger partial charge in [0.25, 0.3) is 5.56 Å². The van der Waals surface area contributed by atoms with Crippen molar-refractivity contribution in [2.75, 3.05) is 7.11 Å². The van der Waals surface area contributed by atoms with E-state index < -0.39 is 10.0 Å². The highest BCUT2D eigenvalue weighted by Gasteiger charge is 2.19. The molecule has 0 bridgehead atoms. The summed E-state index contributed by atoms with van der Waals surface area (Å²) in [5, 5.41) is 0. The summed E-state index contributed by atoms with van der Waals surface area (Å²) in [6, 6.07) is 8.19. The third kappa shape index (κ3) is 3.37. The molecule has 0 saturated heterocycles. The van der Waals surface area contributed by atoms with Crippen LogP contribution in [0.15, 0.2) is 46.2 Å². The molecule has 1 N–H and O–H groups in total. The molecule has 0 fully saturated rings. The number of nitrogens with zero attached hydrogens (tertiary/aromatic N) is 1. The molecule has 0 aliphatic carbocycles. The van der Waals surface area contributed by atoms with Gasteiger partial charge in [-0.3, -0.25) is 4.79 Å². The highest BCUT2D eigenvalue weighted by molar-refractivity contribution is 7.89. The largest absolute Gasteiger partial charge is 0.495 e. The van der Waals surface area contributed by atoms with Crippen LogP contribution in [-0.4, -0.2) is 20.1 Å². The van der Waals surface area contributed by atoms with Gasteiger partial charge in [-0.2, -0.15) is 0 Å². The highest BCUT2D eigenvalue weighted by atomic mass is 32.2. The molecule has 0 radical (unpaired) electrons. The Labute approximate surface area is 129 Å². The van der Waals surface area contributed by atoms with Crippen LogP contribution in [0.2, 0.25) is 0 Å². The van der Waals surface area contributed by atoms with E-state index in [0.717, 1.165) is 5.56 Å². The fourth-order valence-electron chi connectivity index (χ4n) is 2.03. The minimum atomic E-state index is -3.78. The van der Waals surface area contributed by atoms with Crippen LogP contribution in [0.1, 0.15) is 11.1 Å². The van der Waals surface area contributed by atoms with E-state index in [2.05, 4.69) is 4.72 Å². The van der Waals surface area contributed by atoms with Crippen LogP contribution in [0.25, 0.3) is 0 Å². The summed E-state index contributed by atoms with van der Waals surface area (Å²) in [7, 11) is -0.748. The number of aryl methyl sites for hydroxylation is 2. The second kappa shape index (κ2) is 6.33. The van der Waals surface area contributed by atoms with E-state index in [1.807, 2.05) is 0 Å². The summed E-state index contributed by atoms with van der Waals surface area (Å²) in [6.07, 6.45) is 1.61. The first kappa shape index (κ1) is 16.3. The zero-order chi connectivity index (χ0) is 16.3. The maximum Gasteiger partial charge on any atom is 0.254 e. The van der Waals surface area contributed by atoms with E-state index in [1.165, 1.54) is 17.7 Å². The monoisotopic (exact) mass is 322 g/mol. The van der Waals surface area contributed by atoms with Gasteiger partial charge in [-0.1, -0.05) is 12.1 Å². The molecule has 0 aliphatic heterocycles. The minimum Gasteiger partial charge on any atom is -0.495 e. The van der Waals surface area contributed by atoms with Gasteiger partial charge in [-0.05, 0) is 30.7 Å². The van der Waals surface area contributed by atoms with Gasteiger partial charge in [0.15, 0.2) is 0 Å². The molecule has 6 nitrogen and oxygen atoms in total. The topological polar surface area (TPSA) is 77.4 Å². The lowest BCUT2D eigenvalue weighted by Gasteiger charge is -2.11. The molecular weight excluding hydrogens is 304 g/mol. The zero-order valence-electron chi connectivity index (χ0n) is 12.7. The second-order valence-electron chi connectivity index (χ2n) is 4.93. The molecule has 1 heterocycles. The first-order chi connectivity index (χ1) is 10.3. The number of benzene rings is 1. The van der Waals surface area contributed by atoms with E-state index in [9.17, 15) is 13.2 Å². The van der Waals surface area contributed by atoms with Gasteiger partial charge in [0.2, 0.25) is 10.0 Å². The fraction of sp³-hybridized carbons (Fsp3) is 0.267. The molecule has 7 heteroatoms. The molecule has 0 amide bonds. The summed E-state index contributed by atoms with van der Waals surface area (Å²) in [5.41, 5.74) is 0.943. The lowest BCUT2D eigenvalue weighted by atomic mass is 10.2. The van der Waals surface area contributed by atoms with E-state index in [4.69, 9.17) is 4.74 Å². The third-order valence-electron chi connectivity index (χ3n) is 3.26. The van der Waals surface area contributed by atoms with Crippen LogP contribution in [0.4, 0.5) is 0 Å². The number of sulfonamides is 1. The number of nitrogens with one attached hydrogen (secondary N) is 1. The second-order valence-corrected chi connectivity index (χ2v) is 6.66. The number of hydrogen-bond acceptors (Lipinski definition) is 4. The van der Waals surface area contributed by atoms with Gasteiger partial charge < -0.3 is 9.30 Å². The average Bonchev–Trinajstić information content (AvgIpc) is 2.49. The van der Waals surface area contributed by atoms with Gasteiger partial charge >= 0.3 is 0 Å². The van der Waals surface area contributed by atoms with Crippen molar-refractivity contribution in [2.24, 2.45) is 7.05 Å². The van der Waals surface area contributed by atoms with Crippen LogP contribution in [-0.2, 0) is 23.6 Å². The van der Waals surface area contributed by atoms with Gasteiger partial charge in [0.1, 0.15) is 10.6 Å². The first-order valence-electron chi connectivity index (χ1n) is 6.64. The van der Waals surface area contributed by atoms with Crippen molar-refractivity contribution < 1.29 is 13.2 Å². The maximum atomic E-state index is 12.4. The molecule has 0 aliphatic rings. The summed E-state index contributed by atoms with van der Waals surface area (Å²) < 4.78 is 33.8. The summed E-state index contributed by atoms with van der Waals surface area (Å²) in [5.74, 6) is 0.263. The van der Waals surface area contributed by atoms with Crippen molar-refractivity contribution in [1.29, 1.82) is 0 Å². The normalized spacial score (nSPS) is 11.4. The van der Waals surface area contributed by atoms with Crippen LogP contribution in [0, 0.1) is 6.92 Å². The Morgan fingerprint density at radius 2 is 2.00 bits per heavy atom. The van der Waals surface area contributed by atoms with Gasteiger partial charge in [-0.15, -0.1) is 0 Å². The molecule has 0 atom stereocenters. The summed E-state index contributed by atoms with van der Waals surface area (Å²) >= 11 is 0. The number of pyridine rings is 1. The molecule has 0 unspecified atom stereocenters. The van der Waals surface area contributed by atoms with Crippen LogP contribution in [0.3, 0.4) is 0 Å². The third-order valence-corrected chi connectivity index (χ3v) is 4.69. The standard InChI is InChI=1S/C15H18N2O4S/c1-11-6-7-13(21-3)14(9-11)22(19,20)16-10-12-5-4-8-17(2)15(12)18/h4-9,16H,10H2,1-3H3. The van der Waals surface area contributed by atoms with Crippen LogP contribution in [0.5, 0.6) is 5.75 Å². The Morgan fingerprint density at radius 3 is 2.68 bits per heavy atom. The maximum absolute atomic E-state index is 12.4. The number of methoxy groups -OCH3 is 1. The minimum absolute atomic E-state index is 0.0581. The van der Waals surface area contributed by atoms with Crippen molar-refractivity contribution in [3.8, 4) is 5.75 Å². The van der Waals surface area contributed by atoms with E-state index in [0.29, 0.717) is 5.56 Å². The smallest absolute Gasteiger partial charge is 0.254 e. The lowest BCUT2D eigenvalue weighted by molar-refractivity contribution is 0.402. The molecule has 1 aromatic carbocycles. The van der Waals surface area contributed by atoms with E-state index >= 15 is 0 Å². The number of aromatic nitrogens is 1. The SMILES string of the molecule is COc1ccc(C)cc1S(=O)(=O)NCc1cccn(C)c1=O. The van der Waals surface area contributed by atoms with Gasteiger partial charge in [0, 0.05) is 25.4 Å². The number of ether oxygens (including phenoxy) is 1. The van der Waals surface area contributed by atoms with Crippen LogP contribution < -0.4 is 15.0 Å². The number of rotatable bonds is 5. The molecule has 118 valence electrons. The number of hydrogen-bond donors (Lipinski definition) is 1. The Kier molecular flexibility index (Phi) is 4.68. The predicted octanol–water partition coefficient (Wildman–Crippen LogP) is 1.18. The first-order valence-corrected chi connectivity index (χ1v) is 8.12. The predicted molar refractivity (Wildman–Crippen MR) is 83.4 cm³/mol. The Bertz CT molecular complexity index is 841. The Balaban J connectivity index is 2.31. The zero-order valence-corrected chi connectivity index (χ0v) is 13.5. The summed E-state index contributed by atoms with van der Waals surface area (Å²) in [6.45, 7) is 1.72.